The van der Waals surface area contributed by atoms with Gasteiger partial charge in [-0.05, 0) is 106 Å². The molecule has 0 aliphatic rings. The van der Waals surface area contributed by atoms with E-state index in [1.54, 1.807) is 92.8 Å². The van der Waals surface area contributed by atoms with Gasteiger partial charge in [0.15, 0.2) is 0 Å². The molecule has 0 fully saturated rings. The number of nitrogens with zero attached hydrogens (tertiary/aromatic N) is 2. The van der Waals surface area contributed by atoms with Gasteiger partial charge in [0.05, 0.1) is 11.6 Å². The van der Waals surface area contributed by atoms with Crippen molar-refractivity contribution in [2.75, 3.05) is 26.7 Å². The van der Waals surface area contributed by atoms with Crippen molar-refractivity contribution in [3.05, 3.63) is 48.7 Å². The molecule has 3 unspecified atom stereocenters. The summed E-state index contributed by atoms with van der Waals surface area (Å²) in [6, 6.07) is 3.50. The number of alkyl carbamates (subject to hydrolysis) is 2. The summed E-state index contributed by atoms with van der Waals surface area (Å²) in [5.74, 6) is -2.10. The summed E-state index contributed by atoms with van der Waals surface area (Å²) in [6.45, 7) is 19.4. The first-order chi connectivity index (χ1) is 27.5. The molecule has 0 saturated heterocycles. The number of hydrogen-bond donors (Lipinski definition) is 4. The van der Waals surface area contributed by atoms with E-state index in [-0.39, 0.29) is 45.4 Å². The number of carbonyl (C=O) groups is 6. The molecule has 1 aromatic heterocycles. The van der Waals surface area contributed by atoms with Crippen molar-refractivity contribution in [1.82, 2.24) is 30.7 Å². The van der Waals surface area contributed by atoms with Gasteiger partial charge in [-0.3, -0.25) is 14.2 Å². The Kier molecular flexibility index (Phi) is 19.8. The van der Waals surface area contributed by atoms with E-state index in [1.807, 2.05) is 0 Å². The van der Waals surface area contributed by atoms with E-state index >= 15 is 0 Å². The molecule has 4 N–H and O–H groups in total. The number of fused-ring (bicyclic) bond motifs is 1. The van der Waals surface area contributed by atoms with Crippen LogP contribution >= 0.6 is 0 Å². The average molecular weight is 1080 g/mol. The number of ether oxygens (including phenoxy) is 4. The first-order valence-electron chi connectivity index (χ1n) is 19.7. The van der Waals surface area contributed by atoms with Crippen LogP contribution in [0.25, 0.3) is 10.9 Å². The summed E-state index contributed by atoms with van der Waals surface area (Å²) in [5.41, 5.74) is -1.11. The summed E-state index contributed by atoms with van der Waals surface area (Å²) in [4.78, 5) is 92.0. The number of esters is 1. The second-order valence-corrected chi connectivity index (χ2v) is 17.0. The Balaban J connectivity index is 0.0000180. The Labute approximate surface area is 347 Å². The van der Waals surface area contributed by atoms with Gasteiger partial charge in [-0.15, -0.1) is 0 Å². The summed E-state index contributed by atoms with van der Waals surface area (Å²) in [5, 5.41) is 11.0. The Morgan fingerprint density at radius 1 is 0.817 bits per heavy atom. The van der Waals surface area contributed by atoms with Crippen LogP contribution in [0, 0.1) is 0 Å². The number of unbranched alkanes of at least 4 members (excludes halogenated alkanes) is 1. The maximum Gasteiger partial charge on any atom is 0.419 e. The molecular formula is C42H63FmN6O11-. The van der Waals surface area contributed by atoms with Crippen molar-refractivity contribution in [1.29, 1.82) is 0 Å². The van der Waals surface area contributed by atoms with E-state index in [1.165, 1.54) is 29.0 Å². The van der Waals surface area contributed by atoms with Crippen molar-refractivity contribution in [3.8, 4) is 0 Å². The van der Waals surface area contributed by atoms with E-state index < -0.39 is 71.0 Å². The summed E-state index contributed by atoms with van der Waals surface area (Å²) in [6.07, 6.45) is 3.68. The Morgan fingerprint density at radius 3 is 1.92 bits per heavy atom. The molecule has 0 aliphatic heterocycles. The van der Waals surface area contributed by atoms with Crippen molar-refractivity contribution in [2.45, 2.75) is 136 Å². The number of benzene rings is 1. The molecule has 5 amide bonds. The zero-order chi connectivity index (χ0) is 44.6. The zero-order valence-corrected chi connectivity index (χ0v) is 38.8. The van der Waals surface area contributed by atoms with Crippen LogP contribution in [0.15, 0.2) is 43.1 Å². The molecule has 0 spiro atoms. The molecule has 2 rings (SSSR count). The zero-order valence-electron chi connectivity index (χ0n) is 36.4. The molecule has 0 saturated carbocycles. The monoisotopic (exact) mass is 1080 g/mol. The minimum absolute atomic E-state index is 0. The van der Waals surface area contributed by atoms with Crippen molar-refractivity contribution >= 4 is 53.4 Å². The van der Waals surface area contributed by atoms with Gasteiger partial charge in [0.2, 0.25) is 11.8 Å². The van der Waals surface area contributed by atoms with Gasteiger partial charge in [0, 0.05) is 38.1 Å². The van der Waals surface area contributed by atoms with E-state index in [4.69, 9.17) is 18.9 Å². The molecule has 3 atom stereocenters. The predicted molar refractivity (Wildman–Crippen MR) is 221 cm³/mol. The number of likely N-dealkylation sites (N-methyl/N-ethyl adjacent to an activating group) is 1. The standard InChI is InChI=1S/C42H63N6O11.Fm/c1-12-24-56-36(52)33(25-28-26-48(39(55)59-42(8,9)10)32-21-14-13-18-29(28)32)47(11)35(51)31(19-15-16-22-43-37(53)57-40(2,3)4)46-34(50)30(45-27-49)20-17-23-44-38(54)58-41(5,6)7;/h12-14,18,21,26,30-31,33H,1,15-17,19-20,22-25H2,2-11H3,(H,43,53)(H,44,54)(H,45,49)(H,46,50);/q-1;. The molecule has 0 radical (unpaired) electrons. The van der Waals surface area contributed by atoms with Crippen LogP contribution in [0.4, 0.5) is 14.4 Å². The number of para-hydroxylation sites is 1. The molecule has 18 heteroatoms. The molecule has 60 heavy (non-hydrogen) atoms. The number of aromatic nitrogens is 1. The normalized spacial score (nSPS) is 13.0. The van der Waals surface area contributed by atoms with Crippen molar-refractivity contribution < 1.29 is 52.5 Å². The second kappa shape index (κ2) is 23.1. The Morgan fingerprint density at radius 2 is 1.37 bits per heavy atom. The van der Waals surface area contributed by atoms with Gasteiger partial charge < -0.3 is 49.9 Å². The molecule has 340 valence electrons. The van der Waals surface area contributed by atoms with Gasteiger partial charge >= 0.3 is 24.2 Å². The quantitative estimate of drug-likeness (QED) is 0.0345. The van der Waals surface area contributed by atoms with Crippen LogP contribution in [0.1, 0.15) is 100.0 Å². The van der Waals surface area contributed by atoms with Gasteiger partial charge in [-0.1, -0.05) is 30.9 Å². The largest absolute Gasteiger partial charge is 0.520 e. The first-order valence-corrected chi connectivity index (χ1v) is 19.7. The number of hydrogen-bond acceptors (Lipinski definition) is 11. The minimum atomic E-state index is -1.23. The van der Waals surface area contributed by atoms with Crippen LogP contribution in [0.5, 0.6) is 0 Å². The number of amides is 5. The third-order valence-corrected chi connectivity index (χ3v) is 8.32. The molecule has 0 bridgehead atoms. The third kappa shape index (κ3) is 17.9. The topological polar surface area (TPSA) is 213 Å². The van der Waals surface area contributed by atoms with Crippen molar-refractivity contribution in [2.24, 2.45) is 0 Å². The fourth-order valence-electron chi connectivity index (χ4n) is 5.76. The van der Waals surface area contributed by atoms with E-state index in [9.17, 15) is 33.6 Å². The maximum absolute atomic E-state index is 14.4. The number of rotatable bonds is 20. The molecule has 0 aliphatic carbocycles. The molecule has 17 nitrogen and oxygen atoms in total. The van der Waals surface area contributed by atoms with Crippen LogP contribution in [-0.4, -0.2) is 114 Å². The van der Waals surface area contributed by atoms with Crippen molar-refractivity contribution in [3.63, 3.8) is 0 Å². The van der Waals surface area contributed by atoms with Crippen LogP contribution in [0.3, 0.4) is 0 Å². The third-order valence-electron chi connectivity index (χ3n) is 8.32. The second-order valence-electron chi connectivity index (χ2n) is 17.0. The molecule has 1 heterocycles. The average Bonchev–Trinajstić information content (AvgIpc) is 3.49. The van der Waals surface area contributed by atoms with E-state index in [0.29, 0.717) is 29.3 Å². The van der Waals surface area contributed by atoms with Gasteiger partial charge in [0.25, 0.3) is 0 Å². The Bertz CT molecular complexity index is 1780. The van der Waals surface area contributed by atoms with Crippen LogP contribution in [-0.2, 0) is 44.5 Å². The molecule has 1 aromatic carbocycles. The summed E-state index contributed by atoms with van der Waals surface area (Å²) >= 11 is 0. The first kappa shape index (κ1) is 51.4. The SMILES string of the molecule is C=CCOC(=O)C(Cc1cn(C(=O)OC(C)(C)C)c2ccccc12)N(C)C(=O)C(CCCCNC(=O)OC(C)(C)C)NC(=O)C(CCCNC(=O)OC(C)(C)C)N[C-]=O.[Fm]. The molecule has 2 aromatic rings. The number of nitrogens with one attached hydrogen (secondary N) is 4. The fraction of sp³-hybridized carbons (Fsp3) is 0.595. The predicted octanol–water partition coefficient (Wildman–Crippen LogP) is 5.03. The summed E-state index contributed by atoms with van der Waals surface area (Å²) in [7, 11) is 1.41. The molecular weight excluding hydrogens is 1020 g/mol. The van der Waals surface area contributed by atoms with Gasteiger partial charge in [0.1, 0.15) is 35.5 Å². The minimum Gasteiger partial charge on any atom is -0.520 e. The van der Waals surface area contributed by atoms with E-state index in [2.05, 4.69) is 27.8 Å². The van der Waals surface area contributed by atoms with Gasteiger partial charge in [-0.25, -0.2) is 19.2 Å². The smallest absolute Gasteiger partial charge is 0.419 e. The maximum atomic E-state index is 14.4. The van der Waals surface area contributed by atoms with Gasteiger partial charge in [-0.2, -0.15) is 6.41 Å². The Hall–Kier alpha value is -6.61. The van der Waals surface area contributed by atoms with Crippen LogP contribution < -0.4 is 21.3 Å². The number of carbonyl (C=O) groups excluding carboxylic acids is 7. The van der Waals surface area contributed by atoms with Crippen LogP contribution in [0.2, 0.25) is 0 Å². The fourth-order valence-corrected chi connectivity index (χ4v) is 5.76. The van der Waals surface area contributed by atoms with E-state index in [0.717, 1.165) is 0 Å². The summed E-state index contributed by atoms with van der Waals surface area (Å²) < 4.78 is 22.9.